The van der Waals surface area contributed by atoms with Crippen LogP contribution in [0.15, 0.2) is 36.7 Å². The molecule has 3 aromatic rings. The molecule has 12 heteroatoms. The van der Waals surface area contributed by atoms with Crippen LogP contribution < -0.4 is 25.6 Å². The van der Waals surface area contributed by atoms with Gasteiger partial charge in [0.25, 0.3) is 5.91 Å². The number of nitrogens with one attached hydrogen (secondary N) is 3. The minimum absolute atomic E-state index is 0.0949. The fourth-order valence-electron chi connectivity index (χ4n) is 3.32. The largest absolute Gasteiger partial charge is 0.474 e. The molecule has 1 fully saturated rings. The highest BCUT2D eigenvalue weighted by Gasteiger charge is 2.36. The van der Waals surface area contributed by atoms with Crippen molar-refractivity contribution in [1.29, 1.82) is 0 Å². The lowest BCUT2D eigenvalue weighted by Crippen LogP contribution is -2.51. The molecule has 0 radical (unpaired) electrons. The Morgan fingerprint density at radius 1 is 1.15 bits per heavy atom. The van der Waals surface area contributed by atoms with Crippen molar-refractivity contribution >= 4 is 40.8 Å². The van der Waals surface area contributed by atoms with Crippen molar-refractivity contribution in [2.45, 2.75) is 25.6 Å². The van der Waals surface area contributed by atoms with E-state index in [2.05, 4.69) is 35.9 Å². The normalized spacial score (nSPS) is 16.8. The zero-order valence-corrected chi connectivity index (χ0v) is 17.8. The second kappa shape index (κ2) is 7.81. The van der Waals surface area contributed by atoms with Crippen LogP contribution >= 0.6 is 0 Å². The number of hydrogen-bond donors (Lipinski definition) is 4. The van der Waals surface area contributed by atoms with E-state index < -0.39 is 11.4 Å². The van der Waals surface area contributed by atoms with Gasteiger partial charge in [-0.3, -0.25) is 4.79 Å². The number of hydrogen-bond acceptors (Lipinski definition) is 10. The van der Waals surface area contributed by atoms with Gasteiger partial charge in [0.05, 0.1) is 24.2 Å². The van der Waals surface area contributed by atoms with E-state index in [-0.39, 0.29) is 35.4 Å². The Bertz CT molecular complexity index is 1210. The van der Waals surface area contributed by atoms with Gasteiger partial charge in [-0.05, 0) is 38.1 Å². The number of aromatic nitrogens is 4. The maximum Gasteiger partial charge on any atom is 0.269 e. The Labute approximate surface area is 188 Å². The van der Waals surface area contributed by atoms with Crippen molar-refractivity contribution in [3.8, 4) is 5.75 Å². The number of amides is 1. The van der Waals surface area contributed by atoms with E-state index in [9.17, 15) is 14.3 Å². The number of fused-ring (bicyclic) bond motifs is 1. The number of pyridine rings is 2. The van der Waals surface area contributed by atoms with Gasteiger partial charge in [-0.1, -0.05) is 0 Å². The van der Waals surface area contributed by atoms with E-state index in [0.29, 0.717) is 24.5 Å². The molecule has 5 rings (SSSR count). The molecule has 2 aliphatic rings. The van der Waals surface area contributed by atoms with Crippen molar-refractivity contribution in [3.63, 3.8) is 0 Å². The Morgan fingerprint density at radius 3 is 2.70 bits per heavy atom. The molecule has 33 heavy (non-hydrogen) atoms. The summed E-state index contributed by atoms with van der Waals surface area (Å²) in [6.45, 7) is 4.42. The molecule has 0 bridgehead atoms. The van der Waals surface area contributed by atoms with E-state index in [1.165, 1.54) is 0 Å². The first-order valence-corrected chi connectivity index (χ1v) is 10.2. The van der Waals surface area contributed by atoms with Crippen LogP contribution in [0.2, 0.25) is 0 Å². The predicted octanol–water partition coefficient (Wildman–Crippen LogP) is 2.18. The number of nitrogens with zero attached hydrogens (tertiary/aromatic N) is 5. The third-order valence-corrected chi connectivity index (χ3v) is 5.18. The van der Waals surface area contributed by atoms with Crippen LogP contribution in [-0.4, -0.2) is 55.7 Å². The molecule has 2 aliphatic heterocycles. The van der Waals surface area contributed by atoms with E-state index in [1.807, 2.05) is 11.0 Å². The number of anilines is 6. The summed E-state index contributed by atoms with van der Waals surface area (Å²) in [7, 11) is 0. The molecule has 3 aromatic heterocycles. The molecule has 170 valence electrons. The highest BCUT2D eigenvalue weighted by atomic mass is 19.1. The molecule has 0 aromatic carbocycles. The topological polar surface area (TPSA) is 137 Å². The second-order valence-electron chi connectivity index (χ2n) is 8.21. The summed E-state index contributed by atoms with van der Waals surface area (Å²) in [5, 5.41) is 17.9. The third-order valence-electron chi connectivity index (χ3n) is 5.18. The number of aliphatic hydroxyl groups is 1. The number of halogens is 1. The molecule has 4 N–H and O–H groups in total. The zero-order chi connectivity index (χ0) is 23.2. The first-order valence-electron chi connectivity index (χ1n) is 10.2. The van der Waals surface area contributed by atoms with Crippen LogP contribution in [0.1, 0.15) is 13.8 Å². The lowest BCUT2D eigenvalue weighted by molar-refractivity contribution is -0.129. The van der Waals surface area contributed by atoms with Crippen molar-refractivity contribution in [2.24, 2.45) is 0 Å². The van der Waals surface area contributed by atoms with E-state index in [1.54, 1.807) is 38.2 Å². The first-order chi connectivity index (χ1) is 15.8. The van der Waals surface area contributed by atoms with Gasteiger partial charge in [0.2, 0.25) is 5.95 Å². The SMILES string of the molecule is CC1(C)Oc2ccc(Nc3nc(Nc4ccc(N5CC(O)C5)nc4)ncc3F)nc2NC1=O. The van der Waals surface area contributed by atoms with Crippen molar-refractivity contribution < 1.29 is 19.0 Å². The van der Waals surface area contributed by atoms with Crippen LogP contribution in [0.4, 0.5) is 39.3 Å². The summed E-state index contributed by atoms with van der Waals surface area (Å²) >= 11 is 0. The van der Waals surface area contributed by atoms with Crippen LogP contribution in [0.5, 0.6) is 5.75 Å². The Morgan fingerprint density at radius 2 is 1.97 bits per heavy atom. The van der Waals surface area contributed by atoms with Gasteiger partial charge in [0, 0.05) is 13.1 Å². The van der Waals surface area contributed by atoms with Gasteiger partial charge < -0.3 is 30.7 Å². The van der Waals surface area contributed by atoms with E-state index in [0.717, 1.165) is 12.0 Å². The highest BCUT2D eigenvalue weighted by Crippen LogP contribution is 2.33. The van der Waals surface area contributed by atoms with Crippen LogP contribution in [0.3, 0.4) is 0 Å². The van der Waals surface area contributed by atoms with Crippen molar-refractivity contribution in [1.82, 2.24) is 19.9 Å². The molecule has 0 saturated carbocycles. The molecule has 1 saturated heterocycles. The standard InChI is InChI=1S/C21H21FN8O3/c1-21(2)19(32)28-18-14(33-21)4-5-15(27-18)26-17-13(22)8-24-20(29-17)25-11-3-6-16(23-7-11)30-9-12(31)10-30/h3-8,12,31H,9-10H2,1-2H3,(H3,24,25,26,27,28,29,32). The Balaban J connectivity index is 1.30. The zero-order valence-electron chi connectivity index (χ0n) is 17.8. The second-order valence-corrected chi connectivity index (χ2v) is 8.21. The summed E-state index contributed by atoms with van der Waals surface area (Å²) in [6, 6.07) is 6.83. The minimum Gasteiger partial charge on any atom is -0.474 e. The number of β-amino-alcohol motifs (C(OH)–C–C–N with tert-alkyl or cyclic N) is 1. The third kappa shape index (κ3) is 4.20. The lowest BCUT2D eigenvalue weighted by atomic mass is 10.1. The molecule has 0 spiro atoms. The summed E-state index contributed by atoms with van der Waals surface area (Å²) in [6.07, 6.45) is 2.32. The van der Waals surface area contributed by atoms with Gasteiger partial charge in [-0.2, -0.15) is 4.98 Å². The molecule has 1 amide bonds. The summed E-state index contributed by atoms with van der Waals surface area (Å²) in [5.74, 6) is 0.731. The van der Waals surface area contributed by atoms with E-state index in [4.69, 9.17) is 4.74 Å². The number of aliphatic hydroxyl groups excluding tert-OH is 1. The van der Waals surface area contributed by atoms with Gasteiger partial charge in [0.15, 0.2) is 28.8 Å². The number of carbonyl (C=O) groups excluding carboxylic acids is 1. The van der Waals surface area contributed by atoms with Gasteiger partial charge >= 0.3 is 0 Å². The monoisotopic (exact) mass is 452 g/mol. The summed E-state index contributed by atoms with van der Waals surface area (Å²) in [5.41, 5.74) is -0.390. The van der Waals surface area contributed by atoms with Crippen LogP contribution in [0.25, 0.3) is 0 Å². The maximum absolute atomic E-state index is 14.3. The Kier molecular flexibility index (Phi) is 4.93. The first kappa shape index (κ1) is 20.8. The summed E-state index contributed by atoms with van der Waals surface area (Å²) < 4.78 is 20.0. The van der Waals surface area contributed by atoms with Crippen LogP contribution in [0, 0.1) is 5.82 Å². The molecular formula is C21H21FN8O3. The average Bonchev–Trinajstić information content (AvgIpc) is 2.75. The van der Waals surface area contributed by atoms with Gasteiger partial charge in [-0.25, -0.2) is 19.3 Å². The molecule has 0 unspecified atom stereocenters. The molecule has 0 atom stereocenters. The number of rotatable bonds is 5. The van der Waals surface area contributed by atoms with Crippen molar-refractivity contribution in [2.75, 3.05) is 33.9 Å². The van der Waals surface area contributed by atoms with Gasteiger partial charge in [-0.15, -0.1) is 0 Å². The fraction of sp³-hybridized carbons (Fsp3) is 0.286. The summed E-state index contributed by atoms with van der Waals surface area (Å²) in [4.78, 5) is 30.8. The molecular weight excluding hydrogens is 431 g/mol. The van der Waals surface area contributed by atoms with Crippen LogP contribution in [-0.2, 0) is 4.79 Å². The Hall–Kier alpha value is -4.06. The fourth-order valence-corrected chi connectivity index (χ4v) is 3.32. The smallest absolute Gasteiger partial charge is 0.269 e. The highest BCUT2D eigenvalue weighted by molar-refractivity contribution is 5.99. The molecule has 11 nitrogen and oxygen atoms in total. The number of ether oxygens (including phenoxy) is 1. The van der Waals surface area contributed by atoms with E-state index >= 15 is 0 Å². The maximum atomic E-state index is 14.3. The minimum atomic E-state index is -1.01. The predicted molar refractivity (Wildman–Crippen MR) is 119 cm³/mol. The quantitative estimate of drug-likeness (QED) is 0.456. The lowest BCUT2D eigenvalue weighted by Gasteiger charge is -2.36. The average molecular weight is 452 g/mol. The number of carbonyl (C=O) groups is 1. The van der Waals surface area contributed by atoms with Gasteiger partial charge in [0.1, 0.15) is 11.6 Å². The van der Waals surface area contributed by atoms with Crippen molar-refractivity contribution in [3.05, 3.63) is 42.5 Å². The molecule has 5 heterocycles. The molecule has 0 aliphatic carbocycles.